The van der Waals surface area contributed by atoms with Crippen molar-refractivity contribution >= 4 is 20.1 Å². The molecular weight excluding hydrogens is 363 g/mol. The molecule has 0 saturated heterocycles. The SMILES string of the molecule is CS(=O)(=O)OCCCN([O-])S(=O)(=O)c1ccc(C(F)(F)F)cc1. The Bertz CT molecular complexity index is 728. The Kier molecular flexibility index (Phi) is 6.15. The minimum atomic E-state index is -4.62. The van der Waals surface area contributed by atoms with Crippen molar-refractivity contribution in [2.24, 2.45) is 0 Å². The molecule has 0 aliphatic carbocycles. The molecule has 0 spiro atoms. The molecule has 0 fully saturated rings. The summed E-state index contributed by atoms with van der Waals surface area (Å²) in [4.78, 5) is -0.593. The fourth-order valence-electron chi connectivity index (χ4n) is 1.46. The number of hydrogen-bond acceptors (Lipinski definition) is 6. The lowest BCUT2D eigenvalue weighted by Crippen LogP contribution is -2.27. The monoisotopic (exact) mass is 376 g/mol. The summed E-state index contributed by atoms with van der Waals surface area (Å²) < 4.78 is 86.3. The van der Waals surface area contributed by atoms with E-state index in [2.05, 4.69) is 4.18 Å². The number of hydroxylamine groups is 1. The summed E-state index contributed by atoms with van der Waals surface area (Å²) in [6.07, 6.45) is -4.03. The number of nitrogens with zero attached hydrogens (tertiary/aromatic N) is 1. The van der Waals surface area contributed by atoms with Gasteiger partial charge in [-0.05, 0) is 30.7 Å². The Labute approximate surface area is 131 Å². The second kappa shape index (κ2) is 7.13. The predicted molar refractivity (Wildman–Crippen MR) is 74.1 cm³/mol. The van der Waals surface area contributed by atoms with Crippen molar-refractivity contribution in [1.29, 1.82) is 0 Å². The lowest BCUT2D eigenvalue weighted by molar-refractivity contribution is -0.137. The molecule has 132 valence electrons. The van der Waals surface area contributed by atoms with Crippen LogP contribution in [0.3, 0.4) is 0 Å². The first kappa shape index (κ1) is 19.8. The van der Waals surface area contributed by atoms with E-state index >= 15 is 0 Å². The molecule has 0 bridgehead atoms. The van der Waals surface area contributed by atoms with Crippen molar-refractivity contribution in [3.63, 3.8) is 0 Å². The summed E-state index contributed by atoms with van der Waals surface area (Å²) in [6.45, 7) is -0.987. The Balaban J connectivity index is 2.74. The Morgan fingerprint density at radius 3 is 2.09 bits per heavy atom. The van der Waals surface area contributed by atoms with Crippen LogP contribution in [0.5, 0.6) is 0 Å². The standard InChI is InChI=1S/C11H13F3NO6S2/c1-22(17,18)21-8-2-7-15(16)23(19,20)10-5-3-9(4-6-10)11(12,13)14/h3-6H,2,7-8H2,1H3/q-1. The third kappa shape index (κ3) is 6.06. The average molecular weight is 376 g/mol. The maximum atomic E-state index is 12.4. The van der Waals surface area contributed by atoms with Crippen LogP contribution in [0.2, 0.25) is 0 Å². The number of hydrogen-bond donors (Lipinski definition) is 0. The van der Waals surface area contributed by atoms with Crippen LogP contribution < -0.4 is 0 Å². The van der Waals surface area contributed by atoms with Crippen LogP contribution in [0, 0.1) is 5.21 Å². The van der Waals surface area contributed by atoms with Crippen LogP contribution in [0.1, 0.15) is 12.0 Å². The lowest BCUT2D eigenvalue weighted by atomic mass is 10.2. The summed E-state index contributed by atoms with van der Waals surface area (Å²) in [7, 11) is -8.22. The zero-order chi connectivity index (χ0) is 17.9. The van der Waals surface area contributed by atoms with Crippen LogP contribution in [0.15, 0.2) is 29.2 Å². The van der Waals surface area contributed by atoms with Gasteiger partial charge in [-0.25, -0.2) is 8.42 Å². The molecular formula is C11H13F3NO6S2-. The fourth-order valence-corrected chi connectivity index (χ4v) is 2.96. The van der Waals surface area contributed by atoms with Gasteiger partial charge in [-0.15, -0.1) is 0 Å². The lowest BCUT2D eigenvalue weighted by Gasteiger charge is -2.27. The van der Waals surface area contributed by atoms with E-state index in [-0.39, 0.29) is 17.5 Å². The second-order valence-electron chi connectivity index (χ2n) is 4.43. The molecule has 1 rings (SSSR count). The van der Waals surface area contributed by atoms with Crippen molar-refractivity contribution in [1.82, 2.24) is 4.47 Å². The maximum absolute atomic E-state index is 12.4. The summed E-state index contributed by atoms with van der Waals surface area (Å²) in [5.41, 5.74) is -1.05. The van der Waals surface area contributed by atoms with E-state index in [4.69, 9.17) is 0 Å². The minimum absolute atomic E-state index is 0.198. The van der Waals surface area contributed by atoms with Crippen molar-refractivity contribution < 1.29 is 34.2 Å². The topological polar surface area (TPSA) is 104 Å². The second-order valence-corrected chi connectivity index (χ2v) is 7.91. The molecule has 0 aliphatic rings. The first-order chi connectivity index (χ1) is 10.3. The molecule has 0 heterocycles. The Morgan fingerprint density at radius 1 is 1.13 bits per heavy atom. The quantitative estimate of drug-likeness (QED) is 0.406. The maximum Gasteiger partial charge on any atom is 0.416 e. The van der Waals surface area contributed by atoms with Crippen LogP contribution >= 0.6 is 0 Å². The molecule has 0 unspecified atom stereocenters. The van der Waals surface area contributed by atoms with Crippen molar-refractivity contribution in [3.05, 3.63) is 35.0 Å². The van der Waals surface area contributed by atoms with E-state index < -0.39 is 43.3 Å². The molecule has 0 aliphatic heterocycles. The first-order valence-corrected chi connectivity index (χ1v) is 9.31. The molecule has 0 saturated carbocycles. The normalized spacial score (nSPS) is 13.5. The van der Waals surface area contributed by atoms with Crippen LogP contribution in [-0.4, -0.2) is 40.7 Å². The Hall–Kier alpha value is -1.21. The number of halogens is 3. The molecule has 0 N–H and O–H groups in total. The summed E-state index contributed by atoms with van der Waals surface area (Å²) in [6, 6.07) is 2.45. The summed E-state index contributed by atoms with van der Waals surface area (Å²) >= 11 is 0. The highest BCUT2D eigenvalue weighted by atomic mass is 32.2. The number of benzene rings is 1. The van der Waals surface area contributed by atoms with Gasteiger partial charge in [-0.2, -0.15) is 21.6 Å². The van der Waals surface area contributed by atoms with Gasteiger partial charge < -0.3 is 5.21 Å². The van der Waals surface area contributed by atoms with E-state index in [0.29, 0.717) is 24.3 Å². The predicted octanol–water partition coefficient (Wildman–Crippen LogP) is 1.56. The van der Waals surface area contributed by atoms with Crippen LogP contribution in [-0.2, 0) is 30.5 Å². The van der Waals surface area contributed by atoms with Gasteiger partial charge in [-0.3, -0.25) is 8.65 Å². The largest absolute Gasteiger partial charge is 0.772 e. The van der Waals surface area contributed by atoms with Gasteiger partial charge >= 0.3 is 6.18 Å². The van der Waals surface area contributed by atoms with Gasteiger partial charge in [-0.1, -0.05) is 0 Å². The van der Waals surface area contributed by atoms with Gasteiger partial charge in [0.1, 0.15) is 0 Å². The third-order valence-electron chi connectivity index (χ3n) is 2.53. The summed E-state index contributed by atoms with van der Waals surface area (Å²) in [5, 5.41) is 11.6. The van der Waals surface area contributed by atoms with Gasteiger partial charge in [0.15, 0.2) is 0 Å². The van der Waals surface area contributed by atoms with Crippen molar-refractivity contribution in [2.75, 3.05) is 19.4 Å². The molecule has 12 heteroatoms. The molecule has 1 aromatic rings. The highest BCUT2D eigenvalue weighted by Crippen LogP contribution is 2.30. The van der Waals surface area contributed by atoms with E-state index in [9.17, 15) is 35.2 Å². The van der Waals surface area contributed by atoms with E-state index in [1.807, 2.05) is 0 Å². The molecule has 0 aromatic heterocycles. The highest BCUT2D eigenvalue weighted by Gasteiger charge is 2.30. The smallest absolute Gasteiger partial charge is 0.416 e. The van der Waals surface area contributed by atoms with E-state index in [0.717, 1.165) is 6.26 Å². The molecule has 7 nitrogen and oxygen atoms in total. The number of alkyl halides is 3. The molecule has 23 heavy (non-hydrogen) atoms. The van der Waals surface area contributed by atoms with Crippen LogP contribution in [0.4, 0.5) is 13.2 Å². The minimum Gasteiger partial charge on any atom is -0.772 e. The van der Waals surface area contributed by atoms with Gasteiger partial charge in [0.25, 0.3) is 10.1 Å². The highest BCUT2D eigenvalue weighted by molar-refractivity contribution is 7.89. The zero-order valence-corrected chi connectivity index (χ0v) is 13.4. The molecule has 1 aromatic carbocycles. The van der Waals surface area contributed by atoms with Gasteiger partial charge in [0, 0.05) is 6.54 Å². The molecule has 0 radical (unpaired) electrons. The third-order valence-corrected chi connectivity index (χ3v) is 4.71. The van der Waals surface area contributed by atoms with Crippen molar-refractivity contribution in [2.45, 2.75) is 17.5 Å². The fraction of sp³-hybridized carbons (Fsp3) is 0.455. The molecule has 0 atom stereocenters. The first-order valence-electron chi connectivity index (χ1n) is 6.05. The summed E-state index contributed by atoms with van der Waals surface area (Å²) in [5.74, 6) is 0. The van der Waals surface area contributed by atoms with Crippen LogP contribution in [0.25, 0.3) is 0 Å². The number of rotatable bonds is 7. The average Bonchev–Trinajstić information content (AvgIpc) is 2.41. The Morgan fingerprint density at radius 2 is 1.65 bits per heavy atom. The van der Waals surface area contributed by atoms with E-state index in [1.54, 1.807) is 0 Å². The zero-order valence-electron chi connectivity index (χ0n) is 11.8. The van der Waals surface area contributed by atoms with Gasteiger partial charge in [0.2, 0.25) is 10.0 Å². The molecule has 0 amide bonds. The van der Waals surface area contributed by atoms with Crippen molar-refractivity contribution in [3.8, 4) is 0 Å². The van der Waals surface area contributed by atoms with E-state index in [1.165, 1.54) is 0 Å². The van der Waals surface area contributed by atoms with Gasteiger partial charge in [0.05, 0.1) is 23.3 Å². The number of sulfonamides is 1.